The van der Waals surface area contributed by atoms with E-state index in [2.05, 4.69) is 4.99 Å². The molecule has 2 amide bonds. The SMILES string of the molecule is C[C@H]1CN(C(=O)O)CCN1C(=O)c1ccc2c(Cl)c3c(nc2c1)CC(CCN=C(N)N)CC3. The first-order valence-corrected chi connectivity index (χ1v) is 11.6. The number of halogens is 1. The molecule has 2 aliphatic rings. The van der Waals surface area contributed by atoms with Crippen molar-refractivity contribution in [3.05, 3.63) is 40.0 Å². The number of aromatic nitrogens is 1. The van der Waals surface area contributed by atoms with Gasteiger partial charge in [0.1, 0.15) is 0 Å². The molecule has 2 atom stereocenters. The number of piperazine rings is 1. The summed E-state index contributed by atoms with van der Waals surface area (Å²) in [6.45, 7) is 3.42. The van der Waals surface area contributed by atoms with Gasteiger partial charge in [0.25, 0.3) is 5.91 Å². The van der Waals surface area contributed by atoms with Gasteiger partial charge in [0.05, 0.1) is 10.5 Å². The Balaban J connectivity index is 1.56. The van der Waals surface area contributed by atoms with E-state index in [-0.39, 0.29) is 17.9 Å². The molecule has 0 radical (unpaired) electrons. The summed E-state index contributed by atoms with van der Waals surface area (Å²) in [4.78, 5) is 36.5. The molecule has 1 fully saturated rings. The zero-order valence-corrected chi connectivity index (χ0v) is 19.4. The van der Waals surface area contributed by atoms with E-state index in [4.69, 9.17) is 28.1 Å². The maximum absolute atomic E-state index is 13.2. The highest BCUT2D eigenvalue weighted by atomic mass is 35.5. The van der Waals surface area contributed by atoms with Crippen LogP contribution in [0.3, 0.4) is 0 Å². The second-order valence-electron chi connectivity index (χ2n) is 8.86. The maximum atomic E-state index is 13.2. The second kappa shape index (κ2) is 9.43. The van der Waals surface area contributed by atoms with Crippen LogP contribution in [-0.2, 0) is 12.8 Å². The minimum Gasteiger partial charge on any atom is -0.465 e. The summed E-state index contributed by atoms with van der Waals surface area (Å²) < 4.78 is 0. The van der Waals surface area contributed by atoms with Crippen molar-refractivity contribution in [3.8, 4) is 0 Å². The lowest BCUT2D eigenvalue weighted by molar-refractivity contribution is 0.0484. The molecule has 1 unspecified atom stereocenters. The van der Waals surface area contributed by atoms with Crippen molar-refractivity contribution in [1.82, 2.24) is 14.8 Å². The number of nitrogens with zero attached hydrogens (tertiary/aromatic N) is 4. The first-order valence-electron chi connectivity index (χ1n) is 11.2. The number of pyridine rings is 1. The summed E-state index contributed by atoms with van der Waals surface area (Å²) in [5.74, 6) is 0.410. The minimum atomic E-state index is -0.958. The highest BCUT2D eigenvalue weighted by Crippen LogP contribution is 2.36. The summed E-state index contributed by atoms with van der Waals surface area (Å²) in [5.41, 5.74) is 14.1. The average molecular weight is 473 g/mol. The van der Waals surface area contributed by atoms with E-state index in [0.717, 1.165) is 42.3 Å². The molecule has 10 heteroatoms. The summed E-state index contributed by atoms with van der Waals surface area (Å²) in [6.07, 6.45) is 2.59. The van der Waals surface area contributed by atoms with Crippen molar-refractivity contribution in [3.63, 3.8) is 0 Å². The number of hydrogen-bond acceptors (Lipinski definition) is 4. The highest BCUT2D eigenvalue weighted by Gasteiger charge is 2.30. The molecule has 1 saturated heterocycles. The van der Waals surface area contributed by atoms with E-state index >= 15 is 0 Å². The first-order chi connectivity index (χ1) is 15.7. The van der Waals surface area contributed by atoms with Crippen LogP contribution in [0.4, 0.5) is 4.79 Å². The Kier molecular flexibility index (Phi) is 6.60. The van der Waals surface area contributed by atoms with Crippen LogP contribution in [0.25, 0.3) is 10.9 Å². The Morgan fingerprint density at radius 3 is 2.79 bits per heavy atom. The van der Waals surface area contributed by atoms with Crippen LogP contribution in [0.15, 0.2) is 23.2 Å². The van der Waals surface area contributed by atoms with Crippen LogP contribution >= 0.6 is 11.6 Å². The number of nitrogens with two attached hydrogens (primary N) is 2. The Hall–Kier alpha value is -3.07. The predicted molar refractivity (Wildman–Crippen MR) is 128 cm³/mol. The van der Waals surface area contributed by atoms with Crippen LogP contribution in [0.5, 0.6) is 0 Å². The van der Waals surface area contributed by atoms with Crippen molar-refractivity contribution in [2.24, 2.45) is 22.4 Å². The van der Waals surface area contributed by atoms with E-state index in [0.29, 0.717) is 48.2 Å². The Morgan fingerprint density at radius 2 is 2.09 bits per heavy atom. The molecule has 0 bridgehead atoms. The molecule has 1 aliphatic carbocycles. The molecule has 0 saturated carbocycles. The number of guanidine groups is 1. The van der Waals surface area contributed by atoms with Crippen LogP contribution in [0.2, 0.25) is 5.02 Å². The summed E-state index contributed by atoms with van der Waals surface area (Å²) in [5, 5.41) is 10.8. The van der Waals surface area contributed by atoms with E-state index in [9.17, 15) is 14.7 Å². The van der Waals surface area contributed by atoms with Gasteiger partial charge in [0.2, 0.25) is 0 Å². The number of amides is 2. The van der Waals surface area contributed by atoms with Crippen LogP contribution < -0.4 is 11.5 Å². The summed E-state index contributed by atoms with van der Waals surface area (Å²) in [6, 6.07) is 5.23. The Bertz CT molecular complexity index is 1120. The van der Waals surface area contributed by atoms with Gasteiger partial charge in [-0.25, -0.2) is 4.79 Å². The van der Waals surface area contributed by atoms with Gasteiger partial charge >= 0.3 is 6.09 Å². The third-order valence-electron chi connectivity index (χ3n) is 6.63. The lowest BCUT2D eigenvalue weighted by Gasteiger charge is -2.38. The molecule has 2 aromatic rings. The second-order valence-corrected chi connectivity index (χ2v) is 9.24. The number of carbonyl (C=O) groups excluding carboxylic acids is 1. The molecule has 1 aliphatic heterocycles. The Morgan fingerprint density at radius 1 is 1.30 bits per heavy atom. The van der Waals surface area contributed by atoms with Gasteiger partial charge in [-0.3, -0.25) is 14.8 Å². The molecular weight excluding hydrogens is 444 g/mol. The van der Waals surface area contributed by atoms with Gasteiger partial charge in [-0.15, -0.1) is 0 Å². The summed E-state index contributed by atoms with van der Waals surface area (Å²) in [7, 11) is 0. The molecule has 4 rings (SSSR count). The normalized spacial score (nSPS) is 20.4. The monoisotopic (exact) mass is 472 g/mol. The van der Waals surface area contributed by atoms with E-state index < -0.39 is 6.09 Å². The van der Waals surface area contributed by atoms with Crippen molar-refractivity contribution in [1.29, 1.82) is 0 Å². The maximum Gasteiger partial charge on any atom is 0.407 e. The topological polar surface area (TPSA) is 138 Å². The number of carbonyl (C=O) groups is 2. The number of rotatable bonds is 4. The zero-order valence-electron chi connectivity index (χ0n) is 18.6. The highest BCUT2D eigenvalue weighted by molar-refractivity contribution is 6.36. The number of fused-ring (bicyclic) bond motifs is 2. The van der Waals surface area contributed by atoms with Gasteiger partial charge in [-0.2, -0.15) is 0 Å². The molecular formula is C23H29ClN6O3. The molecule has 33 heavy (non-hydrogen) atoms. The lowest BCUT2D eigenvalue weighted by Crippen LogP contribution is -2.55. The van der Waals surface area contributed by atoms with Crippen molar-refractivity contribution < 1.29 is 14.7 Å². The van der Waals surface area contributed by atoms with E-state index in [1.54, 1.807) is 17.0 Å². The van der Waals surface area contributed by atoms with Gasteiger partial charge in [0, 0.05) is 48.9 Å². The molecule has 9 nitrogen and oxygen atoms in total. The molecule has 176 valence electrons. The smallest absolute Gasteiger partial charge is 0.407 e. The third-order valence-corrected chi connectivity index (χ3v) is 7.06. The van der Waals surface area contributed by atoms with E-state index in [1.165, 1.54) is 4.90 Å². The molecule has 5 N–H and O–H groups in total. The Labute approximate surface area is 197 Å². The van der Waals surface area contributed by atoms with Gasteiger partial charge in [0.15, 0.2) is 5.96 Å². The van der Waals surface area contributed by atoms with Crippen LogP contribution in [0, 0.1) is 5.92 Å². The van der Waals surface area contributed by atoms with Gasteiger partial charge in [-0.1, -0.05) is 17.7 Å². The number of carboxylic acid groups (broad SMARTS) is 1. The molecule has 1 aromatic carbocycles. The van der Waals surface area contributed by atoms with Crippen molar-refractivity contribution >= 4 is 40.5 Å². The average Bonchev–Trinajstić information content (AvgIpc) is 2.78. The molecule has 0 spiro atoms. The van der Waals surface area contributed by atoms with E-state index in [1.807, 2.05) is 13.0 Å². The number of hydrogen-bond donors (Lipinski definition) is 3. The number of benzene rings is 1. The van der Waals surface area contributed by atoms with Crippen molar-refractivity contribution in [2.75, 3.05) is 26.2 Å². The fourth-order valence-corrected chi connectivity index (χ4v) is 5.18. The first kappa shape index (κ1) is 23.1. The predicted octanol–water partition coefficient (Wildman–Crippen LogP) is 2.48. The minimum absolute atomic E-state index is 0.106. The molecule has 2 heterocycles. The molecule has 1 aromatic heterocycles. The van der Waals surface area contributed by atoms with Gasteiger partial charge in [-0.05, 0) is 56.2 Å². The quantitative estimate of drug-likeness (QED) is 0.461. The number of aliphatic imine (C=N–C) groups is 1. The summed E-state index contributed by atoms with van der Waals surface area (Å²) >= 11 is 6.75. The lowest BCUT2D eigenvalue weighted by atomic mass is 9.84. The fourth-order valence-electron chi connectivity index (χ4n) is 4.81. The fraction of sp³-hybridized carbons (Fsp3) is 0.478. The van der Waals surface area contributed by atoms with Crippen LogP contribution in [-0.4, -0.2) is 70.1 Å². The zero-order chi connectivity index (χ0) is 23.7. The van der Waals surface area contributed by atoms with Crippen molar-refractivity contribution in [2.45, 2.75) is 38.6 Å². The van der Waals surface area contributed by atoms with Gasteiger partial charge < -0.3 is 26.4 Å². The standard InChI is InChI=1S/C23H29ClN6O3/c1-13-12-29(23(32)33)8-9-30(13)21(31)15-3-5-17-19(11-15)28-18-10-14(6-7-27-22(25)26)2-4-16(18)20(17)24/h3,5,11,13-14H,2,4,6-10,12H2,1H3,(H,32,33)(H4,25,26,27)/t13-,14?/m0/s1. The third kappa shape index (κ3) is 4.83. The van der Waals surface area contributed by atoms with Crippen LogP contribution in [0.1, 0.15) is 41.4 Å². The largest absolute Gasteiger partial charge is 0.465 e.